The van der Waals surface area contributed by atoms with E-state index in [4.69, 9.17) is 0 Å². The second kappa shape index (κ2) is 5.96. The molecule has 0 saturated carbocycles. The molecule has 1 unspecified atom stereocenters. The molecule has 2 aromatic rings. The van der Waals surface area contributed by atoms with Crippen LogP contribution >= 0.6 is 11.3 Å². The van der Waals surface area contributed by atoms with Crippen molar-refractivity contribution >= 4 is 22.9 Å². The number of amides is 1. The molecule has 0 bridgehead atoms. The van der Waals surface area contributed by atoms with Gasteiger partial charge in [-0.05, 0) is 44.4 Å². The zero-order chi connectivity index (χ0) is 16.6. The zero-order valence-electron chi connectivity index (χ0n) is 12.4. The number of halogens is 3. The molecule has 1 aliphatic carbocycles. The SMILES string of the molecule is Cc1nc2c(s1)CC(C(=O)Nc1cccc(C(F)(F)F)c1)CC2. The predicted octanol–water partition coefficient (Wildman–Crippen LogP) is 4.21. The van der Waals surface area contributed by atoms with Crippen LogP contribution in [0.3, 0.4) is 0 Å². The molecule has 0 fully saturated rings. The van der Waals surface area contributed by atoms with E-state index >= 15 is 0 Å². The van der Waals surface area contributed by atoms with Gasteiger partial charge < -0.3 is 5.32 Å². The summed E-state index contributed by atoms with van der Waals surface area (Å²) in [6.45, 7) is 1.93. The summed E-state index contributed by atoms with van der Waals surface area (Å²) in [6.07, 6.45) is -2.41. The molecule has 1 amide bonds. The van der Waals surface area contributed by atoms with Crippen LogP contribution < -0.4 is 5.32 Å². The molecule has 1 aliphatic rings. The van der Waals surface area contributed by atoms with Crippen LogP contribution in [0.1, 0.15) is 27.6 Å². The minimum Gasteiger partial charge on any atom is -0.326 e. The molecule has 1 aromatic heterocycles. The lowest BCUT2D eigenvalue weighted by Gasteiger charge is -2.20. The molecule has 1 N–H and O–H groups in total. The van der Waals surface area contributed by atoms with E-state index in [0.717, 1.165) is 34.1 Å². The van der Waals surface area contributed by atoms with Crippen molar-refractivity contribution in [3.63, 3.8) is 0 Å². The van der Waals surface area contributed by atoms with Gasteiger partial charge in [-0.1, -0.05) is 6.07 Å². The fourth-order valence-electron chi connectivity index (χ4n) is 2.75. The summed E-state index contributed by atoms with van der Waals surface area (Å²) in [4.78, 5) is 17.9. The quantitative estimate of drug-likeness (QED) is 0.890. The summed E-state index contributed by atoms with van der Waals surface area (Å²) in [6, 6.07) is 4.72. The first-order valence-corrected chi connectivity index (χ1v) is 8.08. The van der Waals surface area contributed by atoms with Gasteiger partial charge in [0.15, 0.2) is 0 Å². The highest BCUT2D eigenvalue weighted by atomic mass is 32.1. The number of hydrogen-bond acceptors (Lipinski definition) is 3. The minimum atomic E-state index is -4.42. The summed E-state index contributed by atoms with van der Waals surface area (Å²) in [5.74, 6) is -0.460. The highest BCUT2D eigenvalue weighted by molar-refractivity contribution is 7.11. The number of anilines is 1. The van der Waals surface area contributed by atoms with Gasteiger partial charge in [-0.25, -0.2) is 4.98 Å². The van der Waals surface area contributed by atoms with Crippen LogP contribution in [0.15, 0.2) is 24.3 Å². The Balaban J connectivity index is 1.71. The molecule has 0 radical (unpaired) electrons. The lowest BCUT2D eigenvalue weighted by atomic mass is 9.90. The first kappa shape index (κ1) is 16.0. The van der Waals surface area contributed by atoms with Gasteiger partial charge >= 0.3 is 6.18 Å². The average molecular weight is 340 g/mol. The summed E-state index contributed by atoms with van der Waals surface area (Å²) in [7, 11) is 0. The monoisotopic (exact) mass is 340 g/mol. The van der Waals surface area contributed by atoms with Crippen LogP contribution in [0.2, 0.25) is 0 Å². The van der Waals surface area contributed by atoms with Gasteiger partial charge in [0.05, 0.1) is 16.3 Å². The summed E-state index contributed by atoms with van der Waals surface area (Å²) in [5, 5.41) is 3.59. The Morgan fingerprint density at radius 2 is 2.17 bits per heavy atom. The van der Waals surface area contributed by atoms with Gasteiger partial charge in [0.1, 0.15) is 0 Å². The summed E-state index contributed by atoms with van der Waals surface area (Å²) < 4.78 is 38.1. The van der Waals surface area contributed by atoms with E-state index in [2.05, 4.69) is 10.3 Å². The van der Waals surface area contributed by atoms with Crippen LogP contribution in [0.5, 0.6) is 0 Å². The van der Waals surface area contributed by atoms with Gasteiger partial charge in [-0.3, -0.25) is 4.79 Å². The predicted molar refractivity (Wildman–Crippen MR) is 82.4 cm³/mol. The highest BCUT2D eigenvalue weighted by Gasteiger charge is 2.31. The average Bonchev–Trinajstić information content (AvgIpc) is 2.85. The maximum Gasteiger partial charge on any atom is 0.416 e. The molecule has 23 heavy (non-hydrogen) atoms. The summed E-state index contributed by atoms with van der Waals surface area (Å²) >= 11 is 1.58. The van der Waals surface area contributed by atoms with E-state index in [1.165, 1.54) is 12.1 Å². The smallest absolute Gasteiger partial charge is 0.326 e. The lowest BCUT2D eigenvalue weighted by Crippen LogP contribution is -2.27. The third kappa shape index (κ3) is 3.55. The van der Waals surface area contributed by atoms with E-state index in [1.807, 2.05) is 6.92 Å². The minimum absolute atomic E-state index is 0.177. The molecule has 3 rings (SSSR count). The molecule has 1 aromatic carbocycles. The van der Waals surface area contributed by atoms with Crippen LogP contribution in [-0.4, -0.2) is 10.9 Å². The largest absolute Gasteiger partial charge is 0.416 e. The van der Waals surface area contributed by atoms with Crippen LogP contribution in [0.4, 0.5) is 18.9 Å². The van der Waals surface area contributed by atoms with Gasteiger partial charge in [0, 0.05) is 16.5 Å². The Morgan fingerprint density at radius 3 is 2.91 bits per heavy atom. The summed E-state index contributed by atoms with van der Waals surface area (Å²) in [5.41, 5.74) is 0.464. The van der Waals surface area contributed by atoms with Crippen LogP contribution in [-0.2, 0) is 23.8 Å². The first-order valence-electron chi connectivity index (χ1n) is 7.26. The number of fused-ring (bicyclic) bond motifs is 1. The van der Waals surface area contributed by atoms with E-state index < -0.39 is 11.7 Å². The van der Waals surface area contributed by atoms with Gasteiger partial charge in [0.2, 0.25) is 5.91 Å². The highest BCUT2D eigenvalue weighted by Crippen LogP contribution is 2.32. The standard InChI is InChI=1S/C16H15F3N2OS/c1-9-20-13-6-5-10(7-14(13)23-9)15(22)21-12-4-2-3-11(8-12)16(17,18)19/h2-4,8,10H,5-7H2,1H3,(H,21,22). The Kier molecular flexibility index (Phi) is 4.14. The number of aromatic nitrogens is 1. The number of hydrogen-bond donors (Lipinski definition) is 1. The molecule has 3 nitrogen and oxygen atoms in total. The van der Waals surface area contributed by atoms with E-state index in [0.29, 0.717) is 12.8 Å². The lowest BCUT2D eigenvalue weighted by molar-refractivity contribution is -0.137. The topological polar surface area (TPSA) is 42.0 Å². The van der Waals surface area contributed by atoms with E-state index in [9.17, 15) is 18.0 Å². The molecule has 122 valence electrons. The van der Waals surface area contributed by atoms with E-state index in [1.54, 1.807) is 11.3 Å². The fraction of sp³-hybridized carbons (Fsp3) is 0.375. The molecule has 0 saturated heterocycles. The number of thiazole rings is 1. The number of nitrogens with one attached hydrogen (secondary N) is 1. The molecule has 0 aliphatic heterocycles. The van der Waals surface area contributed by atoms with Crippen molar-refractivity contribution in [1.82, 2.24) is 4.98 Å². The normalized spacial score (nSPS) is 17.7. The number of carbonyl (C=O) groups is 1. The van der Waals surface area contributed by atoms with Crippen molar-refractivity contribution in [2.45, 2.75) is 32.4 Å². The fourth-order valence-corrected chi connectivity index (χ4v) is 3.81. The van der Waals surface area contributed by atoms with Crippen molar-refractivity contribution in [3.05, 3.63) is 45.4 Å². The number of aryl methyl sites for hydroxylation is 2. The maximum atomic E-state index is 12.7. The van der Waals surface area contributed by atoms with Crippen molar-refractivity contribution in [2.24, 2.45) is 5.92 Å². The van der Waals surface area contributed by atoms with Gasteiger partial charge in [-0.15, -0.1) is 11.3 Å². The van der Waals surface area contributed by atoms with Crippen molar-refractivity contribution in [1.29, 1.82) is 0 Å². The third-order valence-corrected chi connectivity index (χ3v) is 4.91. The number of alkyl halides is 3. The second-order valence-electron chi connectivity index (χ2n) is 5.61. The number of benzene rings is 1. The molecule has 1 atom stereocenters. The number of carbonyl (C=O) groups excluding carboxylic acids is 1. The molecular formula is C16H15F3N2OS. The van der Waals surface area contributed by atoms with Gasteiger partial charge in [-0.2, -0.15) is 13.2 Å². The molecular weight excluding hydrogens is 325 g/mol. The maximum absolute atomic E-state index is 12.7. The van der Waals surface area contributed by atoms with Crippen LogP contribution in [0, 0.1) is 12.8 Å². The number of nitrogens with zero attached hydrogens (tertiary/aromatic N) is 1. The second-order valence-corrected chi connectivity index (χ2v) is 6.90. The molecule has 7 heteroatoms. The van der Waals surface area contributed by atoms with Gasteiger partial charge in [0.25, 0.3) is 0 Å². The van der Waals surface area contributed by atoms with Crippen LogP contribution in [0.25, 0.3) is 0 Å². The molecule has 1 heterocycles. The van der Waals surface area contributed by atoms with Crippen molar-refractivity contribution in [3.8, 4) is 0 Å². The Bertz CT molecular complexity index is 739. The van der Waals surface area contributed by atoms with Crippen molar-refractivity contribution in [2.75, 3.05) is 5.32 Å². The van der Waals surface area contributed by atoms with Crippen molar-refractivity contribution < 1.29 is 18.0 Å². The molecule has 0 spiro atoms. The Labute approximate surface area is 135 Å². The third-order valence-electron chi connectivity index (χ3n) is 3.87. The van der Waals surface area contributed by atoms with E-state index in [-0.39, 0.29) is 17.5 Å². The Morgan fingerprint density at radius 1 is 1.39 bits per heavy atom. The number of rotatable bonds is 2. The zero-order valence-corrected chi connectivity index (χ0v) is 13.2. The Hall–Kier alpha value is -1.89. The first-order chi connectivity index (χ1) is 10.8.